The summed E-state index contributed by atoms with van der Waals surface area (Å²) in [6.45, 7) is 1.83. The second-order valence-electron chi connectivity index (χ2n) is 4.99. The Kier molecular flexibility index (Phi) is 6.90. The van der Waals surface area contributed by atoms with E-state index in [9.17, 15) is 4.79 Å². The Balaban J connectivity index is 2.28. The van der Waals surface area contributed by atoms with Crippen LogP contribution in [0.3, 0.4) is 0 Å². The standard InChI is InChI=1S/C16H24N2O/c1-17(2)13-8-14-18(3)16(19)12-7-11-15-9-5-4-6-10-15/h4-7,9-11H,8,12-14H2,1-3H3/b11-7+. The van der Waals surface area contributed by atoms with Gasteiger partial charge in [0.05, 0.1) is 0 Å². The molecule has 0 atom stereocenters. The summed E-state index contributed by atoms with van der Waals surface area (Å²) in [4.78, 5) is 15.8. The smallest absolute Gasteiger partial charge is 0.226 e. The second kappa shape index (κ2) is 8.48. The van der Waals surface area contributed by atoms with E-state index in [1.807, 2.05) is 63.6 Å². The van der Waals surface area contributed by atoms with Gasteiger partial charge in [0.2, 0.25) is 5.91 Å². The molecule has 1 aromatic carbocycles. The van der Waals surface area contributed by atoms with E-state index in [0.29, 0.717) is 6.42 Å². The van der Waals surface area contributed by atoms with E-state index >= 15 is 0 Å². The number of nitrogens with zero attached hydrogens (tertiary/aromatic N) is 2. The number of hydrogen-bond acceptors (Lipinski definition) is 2. The van der Waals surface area contributed by atoms with Crippen LogP contribution in [-0.2, 0) is 4.79 Å². The molecular formula is C16H24N2O. The number of amides is 1. The summed E-state index contributed by atoms with van der Waals surface area (Å²) in [6.07, 6.45) is 5.40. The third kappa shape index (κ3) is 6.77. The summed E-state index contributed by atoms with van der Waals surface area (Å²) in [5.74, 6) is 0.172. The number of hydrogen-bond donors (Lipinski definition) is 0. The van der Waals surface area contributed by atoms with Crippen LogP contribution < -0.4 is 0 Å². The topological polar surface area (TPSA) is 23.6 Å². The molecule has 3 heteroatoms. The van der Waals surface area contributed by atoms with Gasteiger partial charge in [0, 0.05) is 20.0 Å². The lowest BCUT2D eigenvalue weighted by molar-refractivity contribution is -0.129. The van der Waals surface area contributed by atoms with Crippen LogP contribution in [0.15, 0.2) is 36.4 Å². The van der Waals surface area contributed by atoms with E-state index < -0.39 is 0 Å². The predicted octanol–water partition coefficient (Wildman–Crippen LogP) is 2.50. The number of benzene rings is 1. The minimum atomic E-state index is 0.172. The average Bonchev–Trinajstić information content (AvgIpc) is 2.39. The lowest BCUT2D eigenvalue weighted by atomic mass is 10.2. The van der Waals surface area contributed by atoms with Crippen molar-refractivity contribution in [1.82, 2.24) is 9.80 Å². The van der Waals surface area contributed by atoms with E-state index in [1.165, 1.54) is 0 Å². The van der Waals surface area contributed by atoms with Crippen molar-refractivity contribution >= 4 is 12.0 Å². The maximum absolute atomic E-state index is 11.9. The predicted molar refractivity (Wildman–Crippen MR) is 80.9 cm³/mol. The maximum Gasteiger partial charge on any atom is 0.226 e. The van der Waals surface area contributed by atoms with Crippen LogP contribution in [0.4, 0.5) is 0 Å². The maximum atomic E-state index is 11.9. The van der Waals surface area contributed by atoms with Crippen molar-refractivity contribution in [3.63, 3.8) is 0 Å². The van der Waals surface area contributed by atoms with Crippen LogP contribution in [0.2, 0.25) is 0 Å². The average molecular weight is 260 g/mol. The first-order chi connectivity index (χ1) is 9.09. The monoisotopic (exact) mass is 260 g/mol. The van der Waals surface area contributed by atoms with Crippen molar-refractivity contribution < 1.29 is 4.79 Å². The van der Waals surface area contributed by atoms with Gasteiger partial charge in [-0.2, -0.15) is 0 Å². The van der Waals surface area contributed by atoms with Crippen LogP contribution in [0.1, 0.15) is 18.4 Å². The van der Waals surface area contributed by atoms with Crippen molar-refractivity contribution in [2.24, 2.45) is 0 Å². The molecule has 0 radical (unpaired) electrons. The van der Waals surface area contributed by atoms with Crippen molar-refractivity contribution in [2.75, 3.05) is 34.2 Å². The molecule has 0 aromatic heterocycles. The molecular weight excluding hydrogens is 236 g/mol. The number of carbonyl (C=O) groups is 1. The van der Waals surface area contributed by atoms with Gasteiger partial charge >= 0.3 is 0 Å². The van der Waals surface area contributed by atoms with Crippen LogP contribution in [0, 0.1) is 0 Å². The molecule has 0 heterocycles. The molecule has 0 bridgehead atoms. The Hall–Kier alpha value is -1.61. The molecule has 1 rings (SSSR count). The zero-order valence-electron chi connectivity index (χ0n) is 12.2. The molecule has 1 aromatic rings. The molecule has 0 aliphatic heterocycles. The molecule has 0 aliphatic carbocycles. The van der Waals surface area contributed by atoms with Gasteiger partial charge in [-0.3, -0.25) is 4.79 Å². The van der Waals surface area contributed by atoms with E-state index in [0.717, 1.165) is 25.1 Å². The number of carbonyl (C=O) groups excluding carboxylic acids is 1. The van der Waals surface area contributed by atoms with Gasteiger partial charge in [-0.05, 0) is 32.6 Å². The fourth-order valence-electron chi connectivity index (χ4n) is 1.76. The Bertz CT molecular complexity index is 398. The second-order valence-corrected chi connectivity index (χ2v) is 4.99. The van der Waals surface area contributed by atoms with Gasteiger partial charge in [0.25, 0.3) is 0 Å². The van der Waals surface area contributed by atoms with E-state index in [-0.39, 0.29) is 5.91 Å². The van der Waals surface area contributed by atoms with Gasteiger partial charge < -0.3 is 9.80 Å². The van der Waals surface area contributed by atoms with E-state index in [4.69, 9.17) is 0 Å². The first kappa shape index (κ1) is 15.4. The third-order valence-electron chi connectivity index (χ3n) is 2.93. The molecule has 0 fully saturated rings. The zero-order chi connectivity index (χ0) is 14.1. The Labute approximate surface area is 116 Å². The summed E-state index contributed by atoms with van der Waals surface area (Å²) in [5.41, 5.74) is 1.13. The Morgan fingerprint density at radius 1 is 1.11 bits per heavy atom. The minimum Gasteiger partial charge on any atom is -0.345 e. The quantitative estimate of drug-likeness (QED) is 0.752. The van der Waals surface area contributed by atoms with Gasteiger partial charge in [-0.25, -0.2) is 0 Å². The molecule has 3 nitrogen and oxygen atoms in total. The third-order valence-corrected chi connectivity index (χ3v) is 2.93. The fraction of sp³-hybridized carbons (Fsp3) is 0.438. The van der Waals surface area contributed by atoms with Gasteiger partial charge in [-0.15, -0.1) is 0 Å². The normalized spacial score (nSPS) is 11.2. The van der Waals surface area contributed by atoms with Gasteiger partial charge in [0.15, 0.2) is 0 Å². The first-order valence-corrected chi connectivity index (χ1v) is 6.70. The van der Waals surface area contributed by atoms with E-state index in [2.05, 4.69) is 4.90 Å². The highest BCUT2D eigenvalue weighted by Gasteiger charge is 2.05. The summed E-state index contributed by atoms with van der Waals surface area (Å²) < 4.78 is 0. The summed E-state index contributed by atoms with van der Waals surface area (Å²) >= 11 is 0. The zero-order valence-corrected chi connectivity index (χ0v) is 12.2. The molecule has 0 saturated carbocycles. The van der Waals surface area contributed by atoms with Gasteiger partial charge in [0.1, 0.15) is 0 Å². The minimum absolute atomic E-state index is 0.172. The Morgan fingerprint density at radius 3 is 2.42 bits per heavy atom. The molecule has 0 unspecified atom stereocenters. The highest BCUT2D eigenvalue weighted by Crippen LogP contribution is 2.03. The van der Waals surface area contributed by atoms with Crippen LogP contribution in [0.25, 0.3) is 6.08 Å². The van der Waals surface area contributed by atoms with Crippen molar-refractivity contribution in [2.45, 2.75) is 12.8 Å². The van der Waals surface area contributed by atoms with Crippen LogP contribution >= 0.6 is 0 Å². The number of rotatable bonds is 7. The summed E-state index contributed by atoms with van der Waals surface area (Å²) in [7, 11) is 5.96. The Morgan fingerprint density at radius 2 is 1.79 bits per heavy atom. The van der Waals surface area contributed by atoms with Crippen molar-refractivity contribution in [3.8, 4) is 0 Å². The van der Waals surface area contributed by atoms with Crippen molar-refractivity contribution in [1.29, 1.82) is 0 Å². The molecule has 104 valence electrons. The highest BCUT2D eigenvalue weighted by molar-refractivity contribution is 5.78. The van der Waals surface area contributed by atoms with Gasteiger partial charge in [-0.1, -0.05) is 42.5 Å². The first-order valence-electron chi connectivity index (χ1n) is 6.70. The van der Waals surface area contributed by atoms with Crippen LogP contribution in [0.5, 0.6) is 0 Å². The molecule has 0 spiro atoms. The highest BCUT2D eigenvalue weighted by atomic mass is 16.2. The van der Waals surface area contributed by atoms with E-state index in [1.54, 1.807) is 4.90 Å². The molecule has 0 saturated heterocycles. The summed E-state index contributed by atoms with van der Waals surface area (Å²) in [6, 6.07) is 10.0. The van der Waals surface area contributed by atoms with Crippen LogP contribution in [-0.4, -0.2) is 49.9 Å². The fourth-order valence-corrected chi connectivity index (χ4v) is 1.76. The molecule has 19 heavy (non-hydrogen) atoms. The lowest BCUT2D eigenvalue weighted by Gasteiger charge is -2.17. The molecule has 0 aliphatic rings. The largest absolute Gasteiger partial charge is 0.345 e. The molecule has 1 amide bonds. The lowest BCUT2D eigenvalue weighted by Crippen LogP contribution is -2.29. The van der Waals surface area contributed by atoms with Crippen molar-refractivity contribution in [3.05, 3.63) is 42.0 Å². The SMILES string of the molecule is CN(C)CCCN(C)C(=O)C/C=C/c1ccccc1. The molecule has 0 N–H and O–H groups in total. The summed E-state index contributed by atoms with van der Waals surface area (Å²) in [5, 5.41) is 0.